The maximum Gasteiger partial charge on any atom is 0.295 e. The van der Waals surface area contributed by atoms with Crippen LogP contribution in [0.4, 0.5) is 5.69 Å². The molecule has 3 aromatic carbocycles. The Kier molecular flexibility index (Phi) is 6.88. The summed E-state index contributed by atoms with van der Waals surface area (Å²) in [6.45, 7) is 8.80. The molecule has 0 radical (unpaired) electrons. The summed E-state index contributed by atoms with van der Waals surface area (Å²) in [7, 11) is 0. The van der Waals surface area contributed by atoms with E-state index < -0.39 is 6.04 Å². The van der Waals surface area contributed by atoms with Gasteiger partial charge in [0.1, 0.15) is 11.3 Å². The Morgan fingerprint density at radius 1 is 0.892 bits per heavy atom. The van der Waals surface area contributed by atoms with Crippen LogP contribution in [0.2, 0.25) is 0 Å². The largest absolute Gasteiger partial charge is 0.494 e. The molecule has 5 nitrogen and oxygen atoms in total. The Morgan fingerprint density at radius 2 is 1.65 bits per heavy atom. The summed E-state index contributed by atoms with van der Waals surface area (Å²) in [5.41, 5.74) is 5.28. The molecule has 5 heteroatoms. The average Bonchev–Trinajstić information content (AvgIpc) is 3.18. The lowest BCUT2D eigenvalue weighted by Gasteiger charge is -2.25. The smallest absolute Gasteiger partial charge is 0.295 e. The first-order chi connectivity index (χ1) is 17.9. The van der Waals surface area contributed by atoms with E-state index >= 15 is 0 Å². The summed E-state index contributed by atoms with van der Waals surface area (Å²) < 4.78 is 12.1. The number of unbranched alkanes of at least 4 members (excludes halogenated alkanes) is 3. The van der Waals surface area contributed by atoms with Gasteiger partial charge in [0, 0.05) is 5.69 Å². The number of hydrogen-bond acceptors (Lipinski definition) is 4. The lowest BCUT2D eigenvalue weighted by Crippen LogP contribution is -2.29. The molecule has 1 aromatic heterocycles. The van der Waals surface area contributed by atoms with Crippen molar-refractivity contribution in [2.45, 2.75) is 59.4 Å². The summed E-state index contributed by atoms with van der Waals surface area (Å²) in [6.07, 6.45) is 4.58. The number of carbonyl (C=O) groups excluding carboxylic acids is 1. The standard InChI is InChI=1S/C32H33NO4/c1-5-6-7-8-16-36-25-14-12-23(13-15-25)29-28-30(34)26-18-21(3)22(4)19-27(26)37-31(28)32(35)33(29)24-11-9-10-20(2)17-24/h9-15,17-19,29H,5-8,16H2,1-4H3. The van der Waals surface area contributed by atoms with Gasteiger partial charge in [0.2, 0.25) is 5.76 Å². The number of hydrogen-bond donors (Lipinski definition) is 0. The Morgan fingerprint density at radius 3 is 2.38 bits per heavy atom. The van der Waals surface area contributed by atoms with Gasteiger partial charge in [-0.1, -0.05) is 50.5 Å². The van der Waals surface area contributed by atoms with Crippen LogP contribution in [0.3, 0.4) is 0 Å². The van der Waals surface area contributed by atoms with Crippen LogP contribution in [0.1, 0.15) is 77.0 Å². The highest BCUT2D eigenvalue weighted by Gasteiger charge is 2.43. The summed E-state index contributed by atoms with van der Waals surface area (Å²) in [4.78, 5) is 29.4. The molecule has 1 unspecified atom stereocenters. The lowest BCUT2D eigenvalue weighted by atomic mass is 9.97. The quantitative estimate of drug-likeness (QED) is 0.239. The van der Waals surface area contributed by atoms with Gasteiger partial charge in [-0.2, -0.15) is 0 Å². The van der Waals surface area contributed by atoms with Crippen LogP contribution in [-0.2, 0) is 0 Å². The predicted molar refractivity (Wildman–Crippen MR) is 148 cm³/mol. The first-order valence-corrected chi connectivity index (χ1v) is 13.1. The third kappa shape index (κ3) is 4.66. The van der Waals surface area contributed by atoms with Gasteiger partial charge in [0.05, 0.1) is 23.6 Å². The van der Waals surface area contributed by atoms with Crippen LogP contribution in [-0.4, -0.2) is 12.5 Å². The van der Waals surface area contributed by atoms with E-state index in [1.807, 2.05) is 81.4 Å². The summed E-state index contributed by atoms with van der Waals surface area (Å²) in [5, 5.41) is 0.498. The van der Waals surface area contributed by atoms with Crippen LogP contribution in [0.5, 0.6) is 5.75 Å². The minimum Gasteiger partial charge on any atom is -0.494 e. The minimum atomic E-state index is -0.592. The van der Waals surface area contributed by atoms with E-state index in [4.69, 9.17) is 9.15 Å². The van der Waals surface area contributed by atoms with Gasteiger partial charge in [0.25, 0.3) is 5.91 Å². The van der Waals surface area contributed by atoms with Crippen molar-refractivity contribution < 1.29 is 13.9 Å². The summed E-state index contributed by atoms with van der Waals surface area (Å²) in [5.74, 6) is 0.589. The number of amides is 1. The van der Waals surface area contributed by atoms with Crippen LogP contribution in [0, 0.1) is 20.8 Å². The molecule has 0 saturated heterocycles. The molecule has 37 heavy (non-hydrogen) atoms. The van der Waals surface area contributed by atoms with Gasteiger partial charge < -0.3 is 9.15 Å². The van der Waals surface area contributed by atoms with E-state index in [1.54, 1.807) is 4.90 Å². The van der Waals surface area contributed by atoms with Crippen molar-refractivity contribution >= 4 is 22.6 Å². The average molecular weight is 496 g/mol. The highest BCUT2D eigenvalue weighted by molar-refractivity contribution is 6.10. The number of benzene rings is 3. The van der Waals surface area contributed by atoms with Crippen LogP contribution in [0.25, 0.3) is 11.0 Å². The van der Waals surface area contributed by atoms with Crippen molar-refractivity contribution in [2.75, 3.05) is 11.5 Å². The normalized spacial score (nSPS) is 14.9. The van der Waals surface area contributed by atoms with E-state index in [0.717, 1.165) is 46.5 Å². The zero-order valence-electron chi connectivity index (χ0n) is 22.0. The Labute approximate surface area is 217 Å². The number of aryl methyl sites for hydroxylation is 3. The summed E-state index contributed by atoms with van der Waals surface area (Å²) in [6, 6.07) is 18.6. The molecule has 190 valence electrons. The van der Waals surface area contributed by atoms with E-state index in [-0.39, 0.29) is 17.1 Å². The molecule has 2 heterocycles. The van der Waals surface area contributed by atoms with Crippen molar-refractivity contribution in [3.63, 3.8) is 0 Å². The van der Waals surface area contributed by atoms with Crippen LogP contribution >= 0.6 is 0 Å². The van der Waals surface area contributed by atoms with Crippen LogP contribution in [0.15, 0.2) is 69.9 Å². The second kappa shape index (κ2) is 10.3. The van der Waals surface area contributed by atoms with Gasteiger partial charge in [0.15, 0.2) is 5.43 Å². The molecule has 1 aliphatic rings. The first kappa shape index (κ1) is 24.8. The number of carbonyl (C=O) groups is 1. The third-order valence-corrected chi connectivity index (χ3v) is 7.23. The maximum absolute atomic E-state index is 13.9. The fourth-order valence-corrected chi connectivity index (χ4v) is 5.05. The summed E-state index contributed by atoms with van der Waals surface area (Å²) >= 11 is 0. The monoisotopic (exact) mass is 495 g/mol. The van der Waals surface area contributed by atoms with Gasteiger partial charge in [-0.25, -0.2) is 0 Å². The van der Waals surface area contributed by atoms with E-state index in [9.17, 15) is 9.59 Å². The Hall–Kier alpha value is -3.86. The molecule has 1 aliphatic heterocycles. The number of ether oxygens (including phenoxy) is 1. The molecule has 0 spiro atoms. The molecule has 1 atom stereocenters. The number of nitrogens with zero attached hydrogens (tertiary/aromatic N) is 1. The number of fused-ring (bicyclic) bond motifs is 2. The van der Waals surface area contributed by atoms with Crippen molar-refractivity contribution in [1.82, 2.24) is 0 Å². The number of rotatable bonds is 8. The van der Waals surface area contributed by atoms with Crippen molar-refractivity contribution in [2.24, 2.45) is 0 Å². The number of anilines is 1. The Bertz CT molecular complexity index is 1520. The van der Waals surface area contributed by atoms with Crippen LogP contribution < -0.4 is 15.1 Å². The molecular formula is C32H33NO4. The highest BCUT2D eigenvalue weighted by Crippen LogP contribution is 2.42. The van der Waals surface area contributed by atoms with Crippen molar-refractivity contribution in [3.05, 3.63) is 104 Å². The second-order valence-corrected chi connectivity index (χ2v) is 10.0. The highest BCUT2D eigenvalue weighted by atomic mass is 16.5. The molecule has 4 aromatic rings. The SMILES string of the molecule is CCCCCCOc1ccc(C2c3c(oc4cc(C)c(C)cc4c3=O)C(=O)N2c2cccc(C)c2)cc1. The van der Waals surface area contributed by atoms with Gasteiger partial charge in [-0.05, 0) is 85.8 Å². The van der Waals surface area contributed by atoms with E-state index in [2.05, 4.69) is 6.92 Å². The molecule has 0 saturated carbocycles. The fourth-order valence-electron chi connectivity index (χ4n) is 5.05. The first-order valence-electron chi connectivity index (χ1n) is 13.1. The topological polar surface area (TPSA) is 59.8 Å². The predicted octanol–water partition coefficient (Wildman–Crippen LogP) is 7.43. The van der Waals surface area contributed by atoms with Gasteiger partial charge >= 0.3 is 0 Å². The maximum atomic E-state index is 13.9. The molecule has 0 aliphatic carbocycles. The second-order valence-electron chi connectivity index (χ2n) is 10.0. The Balaban J connectivity index is 1.59. The fraction of sp³-hybridized carbons (Fsp3) is 0.312. The lowest BCUT2D eigenvalue weighted by molar-refractivity contribution is 0.0971. The molecule has 0 N–H and O–H groups in total. The van der Waals surface area contributed by atoms with Crippen molar-refractivity contribution in [3.8, 4) is 5.75 Å². The molecule has 0 fully saturated rings. The third-order valence-electron chi connectivity index (χ3n) is 7.23. The molecule has 0 bridgehead atoms. The zero-order valence-corrected chi connectivity index (χ0v) is 22.0. The van der Waals surface area contributed by atoms with Gasteiger partial charge in [-0.3, -0.25) is 14.5 Å². The molecular weight excluding hydrogens is 462 g/mol. The zero-order chi connectivity index (χ0) is 26.1. The molecule has 1 amide bonds. The van der Waals surface area contributed by atoms with E-state index in [1.165, 1.54) is 12.8 Å². The molecule has 5 rings (SSSR count). The van der Waals surface area contributed by atoms with Gasteiger partial charge in [-0.15, -0.1) is 0 Å². The van der Waals surface area contributed by atoms with Crippen molar-refractivity contribution in [1.29, 1.82) is 0 Å². The van der Waals surface area contributed by atoms with E-state index in [0.29, 0.717) is 23.1 Å². The minimum absolute atomic E-state index is 0.114.